The lowest BCUT2D eigenvalue weighted by Crippen LogP contribution is -2.44. The number of hydrogen-bond acceptors (Lipinski definition) is 3. The van der Waals surface area contributed by atoms with Gasteiger partial charge >= 0.3 is 5.97 Å². The molecule has 21 heavy (non-hydrogen) atoms. The molecular formula is C15H18ClNO4. The van der Waals surface area contributed by atoms with Crippen molar-refractivity contribution in [2.24, 2.45) is 0 Å². The quantitative estimate of drug-likeness (QED) is 0.846. The zero-order chi connectivity index (χ0) is 15.4. The van der Waals surface area contributed by atoms with E-state index in [0.29, 0.717) is 23.6 Å². The zero-order valence-electron chi connectivity index (χ0n) is 11.8. The summed E-state index contributed by atoms with van der Waals surface area (Å²) < 4.78 is 5.59. The Bertz CT molecular complexity index is 546. The van der Waals surface area contributed by atoms with E-state index in [1.165, 1.54) is 0 Å². The number of aliphatic carboxylic acids is 1. The van der Waals surface area contributed by atoms with Gasteiger partial charge < -0.3 is 15.2 Å². The molecule has 0 spiro atoms. The van der Waals surface area contributed by atoms with E-state index in [9.17, 15) is 9.59 Å². The molecule has 2 unspecified atom stereocenters. The second-order valence-electron chi connectivity index (χ2n) is 5.15. The number of ether oxygens (including phenoxy) is 1. The average Bonchev–Trinajstić information content (AvgIpc) is 2.81. The molecule has 2 rings (SSSR count). The summed E-state index contributed by atoms with van der Waals surface area (Å²) >= 11 is 5.91. The van der Waals surface area contributed by atoms with Crippen molar-refractivity contribution in [1.82, 2.24) is 5.32 Å². The summed E-state index contributed by atoms with van der Waals surface area (Å²) in [5.41, 5.74) is 0.896. The van der Waals surface area contributed by atoms with Gasteiger partial charge in [-0.05, 0) is 30.2 Å². The Kier molecular flexibility index (Phi) is 5.07. The predicted octanol–water partition coefficient (Wildman–Crippen LogP) is 2.40. The van der Waals surface area contributed by atoms with Crippen molar-refractivity contribution in [3.63, 3.8) is 0 Å². The van der Waals surface area contributed by atoms with Gasteiger partial charge in [0.25, 0.3) is 5.91 Å². The van der Waals surface area contributed by atoms with E-state index >= 15 is 0 Å². The number of halogens is 1. The number of carboxylic acids is 1. The SMILES string of the molecule is CCCC(CC(=O)O)NC(=O)C1Cc2cc(Cl)ccc2O1. The average molecular weight is 312 g/mol. The number of amides is 1. The monoisotopic (exact) mass is 311 g/mol. The first kappa shape index (κ1) is 15.6. The summed E-state index contributed by atoms with van der Waals surface area (Å²) in [6.45, 7) is 1.95. The largest absolute Gasteiger partial charge is 0.481 e. The van der Waals surface area contributed by atoms with Gasteiger partial charge in [-0.15, -0.1) is 0 Å². The highest BCUT2D eigenvalue weighted by atomic mass is 35.5. The fraction of sp³-hybridized carbons (Fsp3) is 0.467. The number of benzene rings is 1. The number of carbonyl (C=O) groups excluding carboxylic acids is 1. The molecule has 1 amide bonds. The van der Waals surface area contributed by atoms with Gasteiger partial charge in [-0.3, -0.25) is 9.59 Å². The van der Waals surface area contributed by atoms with Crippen molar-refractivity contribution in [2.45, 2.75) is 44.8 Å². The summed E-state index contributed by atoms with van der Waals surface area (Å²) in [6.07, 6.45) is 1.19. The minimum absolute atomic E-state index is 0.0783. The molecule has 6 heteroatoms. The molecule has 1 aromatic rings. The molecule has 1 aliphatic rings. The number of fused-ring (bicyclic) bond motifs is 1. The Morgan fingerprint density at radius 2 is 2.29 bits per heavy atom. The van der Waals surface area contributed by atoms with Crippen molar-refractivity contribution in [3.05, 3.63) is 28.8 Å². The molecule has 5 nitrogen and oxygen atoms in total. The lowest BCUT2D eigenvalue weighted by Gasteiger charge is -2.18. The summed E-state index contributed by atoms with van der Waals surface area (Å²) in [5.74, 6) is -0.539. The van der Waals surface area contributed by atoms with Gasteiger partial charge in [-0.2, -0.15) is 0 Å². The van der Waals surface area contributed by atoms with Crippen LogP contribution < -0.4 is 10.1 Å². The molecule has 0 aromatic heterocycles. The molecule has 1 aromatic carbocycles. The Morgan fingerprint density at radius 1 is 1.52 bits per heavy atom. The molecule has 0 bridgehead atoms. The predicted molar refractivity (Wildman–Crippen MR) is 78.7 cm³/mol. The van der Waals surface area contributed by atoms with Gasteiger partial charge in [0, 0.05) is 17.5 Å². The number of carboxylic acid groups (broad SMARTS) is 1. The molecule has 1 heterocycles. The van der Waals surface area contributed by atoms with Gasteiger partial charge in [-0.1, -0.05) is 24.9 Å². The number of hydrogen-bond donors (Lipinski definition) is 2. The molecular weight excluding hydrogens is 294 g/mol. The van der Waals surface area contributed by atoms with Crippen molar-refractivity contribution in [1.29, 1.82) is 0 Å². The third-order valence-electron chi connectivity index (χ3n) is 3.39. The molecule has 0 radical (unpaired) electrons. The molecule has 0 saturated carbocycles. The smallest absolute Gasteiger partial charge is 0.305 e. The maximum Gasteiger partial charge on any atom is 0.305 e. The third-order valence-corrected chi connectivity index (χ3v) is 3.63. The minimum atomic E-state index is -0.920. The van der Waals surface area contributed by atoms with Crippen LogP contribution in [0.15, 0.2) is 18.2 Å². The fourth-order valence-corrected chi connectivity index (χ4v) is 2.64. The van der Waals surface area contributed by atoms with Crippen molar-refractivity contribution >= 4 is 23.5 Å². The van der Waals surface area contributed by atoms with Crippen LogP contribution in [0.3, 0.4) is 0 Å². The van der Waals surface area contributed by atoms with Crippen LogP contribution in [0.5, 0.6) is 5.75 Å². The molecule has 0 fully saturated rings. The maximum absolute atomic E-state index is 12.2. The number of nitrogens with one attached hydrogen (secondary N) is 1. The molecule has 2 atom stereocenters. The van der Waals surface area contributed by atoms with Crippen LogP contribution in [0.1, 0.15) is 31.7 Å². The number of carbonyl (C=O) groups is 2. The lowest BCUT2D eigenvalue weighted by atomic mass is 10.1. The first-order valence-electron chi connectivity index (χ1n) is 6.97. The van der Waals surface area contributed by atoms with E-state index in [2.05, 4.69) is 5.32 Å². The highest BCUT2D eigenvalue weighted by Gasteiger charge is 2.30. The number of rotatable bonds is 6. The standard InChI is InChI=1S/C15H18ClNO4/c1-2-3-11(8-14(18)19)17-15(20)13-7-9-6-10(16)4-5-12(9)21-13/h4-6,11,13H,2-3,7-8H2,1H3,(H,17,20)(H,18,19). The van der Waals surface area contributed by atoms with E-state index in [-0.39, 0.29) is 18.4 Å². The Labute approximate surface area is 128 Å². The van der Waals surface area contributed by atoms with Gasteiger partial charge in [0.2, 0.25) is 0 Å². The van der Waals surface area contributed by atoms with Gasteiger partial charge in [0.15, 0.2) is 6.10 Å². The Hall–Kier alpha value is -1.75. The van der Waals surface area contributed by atoms with Gasteiger partial charge in [0.05, 0.1) is 6.42 Å². The lowest BCUT2D eigenvalue weighted by molar-refractivity contribution is -0.138. The normalized spacial score (nSPS) is 17.7. The van der Waals surface area contributed by atoms with Gasteiger partial charge in [-0.25, -0.2) is 0 Å². The first-order chi connectivity index (χ1) is 9.99. The highest BCUT2D eigenvalue weighted by Crippen LogP contribution is 2.31. The van der Waals surface area contributed by atoms with E-state index < -0.39 is 12.1 Å². The second kappa shape index (κ2) is 6.80. The topological polar surface area (TPSA) is 75.6 Å². The minimum Gasteiger partial charge on any atom is -0.481 e. The van der Waals surface area contributed by atoms with Crippen LogP contribution in [0.4, 0.5) is 0 Å². The van der Waals surface area contributed by atoms with Crippen LogP contribution in [-0.4, -0.2) is 29.1 Å². The van der Waals surface area contributed by atoms with E-state index in [4.69, 9.17) is 21.4 Å². The second-order valence-corrected chi connectivity index (χ2v) is 5.59. The maximum atomic E-state index is 12.2. The van der Waals surface area contributed by atoms with Crippen LogP contribution >= 0.6 is 11.6 Å². The first-order valence-corrected chi connectivity index (χ1v) is 7.34. The van der Waals surface area contributed by atoms with Crippen LogP contribution in [0.2, 0.25) is 5.02 Å². The van der Waals surface area contributed by atoms with E-state index in [1.54, 1.807) is 18.2 Å². The Balaban J connectivity index is 1.97. The third kappa shape index (κ3) is 4.11. The van der Waals surface area contributed by atoms with Crippen LogP contribution in [-0.2, 0) is 16.0 Å². The van der Waals surface area contributed by atoms with Crippen molar-refractivity contribution < 1.29 is 19.4 Å². The molecule has 2 N–H and O–H groups in total. The van der Waals surface area contributed by atoms with E-state index in [1.807, 2.05) is 6.92 Å². The highest BCUT2D eigenvalue weighted by molar-refractivity contribution is 6.30. The summed E-state index contributed by atoms with van der Waals surface area (Å²) in [6, 6.07) is 4.87. The fourth-order valence-electron chi connectivity index (χ4n) is 2.44. The molecule has 1 aliphatic heterocycles. The molecule has 114 valence electrons. The zero-order valence-corrected chi connectivity index (χ0v) is 12.5. The summed E-state index contributed by atoms with van der Waals surface area (Å²) in [7, 11) is 0. The summed E-state index contributed by atoms with van der Waals surface area (Å²) in [4.78, 5) is 23.0. The molecule has 0 saturated heterocycles. The van der Waals surface area contributed by atoms with Crippen LogP contribution in [0.25, 0.3) is 0 Å². The van der Waals surface area contributed by atoms with Crippen molar-refractivity contribution in [2.75, 3.05) is 0 Å². The van der Waals surface area contributed by atoms with Crippen LogP contribution in [0, 0.1) is 0 Å². The van der Waals surface area contributed by atoms with Crippen molar-refractivity contribution in [3.8, 4) is 5.75 Å². The van der Waals surface area contributed by atoms with E-state index in [0.717, 1.165) is 12.0 Å². The van der Waals surface area contributed by atoms with Gasteiger partial charge in [0.1, 0.15) is 5.75 Å². The Morgan fingerprint density at radius 3 is 2.95 bits per heavy atom. The summed E-state index contributed by atoms with van der Waals surface area (Å²) in [5, 5.41) is 12.2. The molecule has 0 aliphatic carbocycles.